The molecule has 2 aromatic rings. The standard InChI is InChI=1S/C20H22N2O5S/c1-3-14-6-8-15(9-7-14)21-18(24)11-27-20(25)16-12-28-19(22(16)13(2)23)17-5-4-10-26-17/h4-10,16,19H,3,11-12H2,1-2H3,(H,21,24)/t16-,19+/m0/s1. The van der Waals surface area contributed by atoms with Crippen molar-refractivity contribution in [2.24, 2.45) is 0 Å². The summed E-state index contributed by atoms with van der Waals surface area (Å²) < 4.78 is 10.5. The molecule has 2 amide bonds. The Balaban J connectivity index is 1.56. The van der Waals surface area contributed by atoms with Gasteiger partial charge >= 0.3 is 5.97 Å². The molecule has 2 heterocycles. The number of thioether (sulfide) groups is 1. The molecule has 0 bridgehead atoms. The number of carbonyl (C=O) groups is 3. The number of hydrogen-bond acceptors (Lipinski definition) is 6. The fourth-order valence-electron chi connectivity index (χ4n) is 2.98. The number of amides is 2. The first-order valence-electron chi connectivity index (χ1n) is 8.99. The van der Waals surface area contributed by atoms with Crippen molar-refractivity contribution < 1.29 is 23.5 Å². The van der Waals surface area contributed by atoms with Crippen molar-refractivity contribution in [2.75, 3.05) is 17.7 Å². The normalized spacial score (nSPS) is 18.7. The number of nitrogens with one attached hydrogen (secondary N) is 1. The van der Waals surface area contributed by atoms with Gasteiger partial charge in [-0.3, -0.25) is 9.59 Å². The average molecular weight is 402 g/mol. The average Bonchev–Trinajstić information content (AvgIpc) is 3.36. The van der Waals surface area contributed by atoms with Crippen molar-refractivity contribution in [2.45, 2.75) is 31.7 Å². The molecular formula is C20H22N2O5S. The highest BCUT2D eigenvalue weighted by molar-refractivity contribution is 7.99. The second-order valence-electron chi connectivity index (χ2n) is 6.35. The number of anilines is 1. The molecule has 0 radical (unpaired) electrons. The Morgan fingerprint density at radius 1 is 1.25 bits per heavy atom. The lowest BCUT2D eigenvalue weighted by atomic mass is 10.1. The minimum Gasteiger partial charge on any atom is -0.466 e. The molecule has 1 aliphatic heterocycles. The predicted molar refractivity (Wildman–Crippen MR) is 106 cm³/mol. The fourth-order valence-corrected chi connectivity index (χ4v) is 4.39. The summed E-state index contributed by atoms with van der Waals surface area (Å²) in [6, 6.07) is 10.2. The molecule has 8 heteroatoms. The summed E-state index contributed by atoms with van der Waals surface area (Å²) in [4.78, 5) is 38.1. The smallest absolute Gasteiger partial charge is 0.330 e. The third kappa shape index (κ3) is 4.56. The lowest BCUT2D eigenvalue weighted by molar-refractivity contribution is -0.155. The first-order chi connectivity index (χ1) is 13.5. The lowest BCUT2D eigenvalue weighted by Gasteiger charge is -2.25. The number of hydrogen-bond donors (Lipinski definition) is 1. The molecule has 1 aliphatic rings. The van der Waals surface area contributed by atoms with Crippen LogP contribution in [-0.2, 0) is 25.5 Å². The number of esters is 1. The van der Waals surface area contributed by atoms with E-state index in [1.807, 2.05) is 12.1 Å². The predicted octanol–water partition coefficient (Wildman–Crippen LogP) is 2.99. The summed E-state index contributed by atoms with van der Waals surface area (Å²) in [5.74, 6) is -0.310. The van der Waals surface area contributed by atoms with Gasteiger partial charge in [0, 0.05) is 18.4 Å². The molecule has 3 rings (SSSR count). The molecule has 1 aromatic carbocycles. The van der Waals surface area contributed by atoms with Gasteiger partial charge in [0.25, 0.3) is 5.91 Å². The van der Waals surface area contributed by atoms with Gasteiger partial charge in [0.05, 0.1) is 6.26 Å². The van der Waals surface area contributed by atoms with Gasteiger partial charge in [0.2, 0.25) is 5.91 Å². The van der Waals surface area contributed by atoms with E-state index in [4.69, 9.17) is 9.15 Å². The van der Waals surface area contributed by atoms with Crippen LogP contribution in [0.15, 0.2) is 47.1 Å². The van der Waals surface area contributed by atoms with Crippen molar-refractivity contribution in [3.63, 3.8) is 0 Å². The van der Waals surface area contributed by atoms with Crippen LogP contribution in [0.4, 0.5) is 5.69 Å². The zero-order valence-electron chi connectivity index (χ0n) is 15.7. The van der Waals surface area contributed by atoms with Crippen LogP contribution in [0.3, 0.4) is 0 Å². The number of rotatable bonds is 6. The highest BCUT2D eigenvalue weighted by Gasteiger charge is 2.43. The number of nitrogens with zero attached hydrogens (tertiary/aromatic N) is 1. The Hall–Kier alpha value is -2.74. The highest BCUT2D eigenvalue weighted by atomic mass is 32.2. The van der Waals surface area contributed by atoms with E-state index in [9.17, 15) is 14.4 Å². The molecule has 0 unspecified atom stereocenters. The van der Waals surface area contributed by atoms with Crippen molar-refractivity contribution in [1.29, 1.82) is 0 Å². The van der Waals surface area contributed by atoms with E-state index in [0.29, 0.717) is 17.2 Å². The van der Waals surface area contributed by atoms with Gasteiger partial charge < -0.3 is 19.4 Å². The van der Waals surface area contributed by atoms with Gasteiger partial charge in [-0.15, -0.1) is 11.8 Å². The Bertz CT molecular complexity index is 835. The Labute approximate surface area is 167 Å². The summed E-state index contributed by atoms with van der Waals surface area (Å²) in [7, 11) is 0. The van der Waals surface area contributed by atoms with Crippen LogP contribution in [0.1, 0.15) is 30.5 Å². The minimum absolute atomic E-state index is 0.256. The summed E-state index contributed by atoms with van der Waals surface area (Å²) in [6.45, 7) is 3.04. The zero-order chi connectivity index (χ0) is 20.1. The van der Waals surface area contributed by atoms with Crippen LogP contribution < -0.4 is 5.32 Å². The molecule has 28 heavy (non-hydrogen) atoms. The first-order valence-corrected chi connectivity index (χ1v) is 10.0. The number of carbonyl (C=O) groups excluding carboxylic acids is 3. The topological polar surface area (TPSA) is 88.8 Å². The maximum atomic E-state index is 12.5. The van der Waals surface area contributed by atoms with Crippen molar-refractivity contribution in [1.82, 2.24) is 4.90 Å². The SMILES string of the molecule is CCc1ccc(NC(=O)COC(=O)[C@@H]2CS[C@H](c3ccco3)N2C(C)=O)cc1. The molecule has 148 valence electrons. The third-order valence-electron chi connectivity index (χ3n) is 4.41. The summed E-state index contributed by atoms with van der Waals surface area (Å²) in [6.07, 6.45) is 2.44. The van der Waals surface area contributed by atoms with Gasteiger partial charge in [0.15, 0.2) is 6.61 Å². The van der Waals surface area contributed by atoms with Crippen molar-refractivity contribution >= 4 is 35.2 Å². The number of benzene rings is 1. The van der Waals surface area contributed by atoms with E-state index in [0.717, 1.165) is 6.42 Å². The van der Waals surface area contributed by atoms with Crippen LogP contribution >= 0.6 is 11.8 Å². The molecule has 1 aromatic heterocycles. The van der Waals surface area contributed by atoms with E-state index < -0.39 is 24.5 Å². The Morgan fingerprint density at radius 3 is 2.61 bits per heavy atom. The molecule has 0 saturated carbocycles. The largest absolute Gasteiger partial charge is 0.466 e. The molecule has 0 aliphatic carbocycles. The molecule has 2 atom stereocenters. The van der Waals surface area contributed by atoms with E-state index in [2.05, 4.69) is 12.2 Å². The van der Waals surface area contributed by atoms with E-state index in [1.54, 1.807) is 24.3 Å². The quantitative estimate of drug-likeness (QED) is 0.748. The van der Waals surface area contributed by atoms with Crippen molar-refractivity contribution in [3.05, 3.63) is 54.0 Å². The number of aryl methyl sites for hydroxylation is 1. The molecule has 7 nitrogen and oxygen atoms in total. The second kappa shape index (κ2) is 8.97. The van der Waals surface area contributed by atoms with E-state index in [1.165, 1.54) is 35.4 Å². The Kier molecular flexibility index (Phi) is 6.41. The minimum atomic E-state index is -0.755. The molecule has 1 saturated heterocycles. The summed E-state index contributed by atoms with van der Waals surface area (Å²) in [5.41, 5.74) is 1.80. The Morgan fingerprint density at radius 2 is 2.00 bits per heavy atom. The lowest BCUT2D eigenvalue weighted by Crippen LogP contribution is -2.43. The van der Waals surface area contributed by atoms with Crippen LogP contribution in [0.25, 0.3) is 0 Å². The van der Waals surface area contributed by atoms with Crippen LogP contribution in [0.5, 0.6) is 0 Å². The van der Waals surface area contributed by atoms with Crippen LogP contribution in [-0.4, -0.2) is 41.1 Å². The molecule has 1 N–H and O–H groups in total. The van der Waals surface area contributed by atoms with E-state index >= 15 is 0 Å². The second-order valence-corrected chi connectivity index (χ2v) is 7.46. The maximum Gasteiger partial charge on any atom is 0.330 e. The fraction of sp³-hybridized carbons (Fsp3) is 0.350. The monoisotopic (exact) mass is 402 g/mol. The highest BCUT2D eigenvalue weighted by Crippen LogP contribution is 2.41. The molecular weight excluding hydrogens is 380 g/mol. The third-order valence-corrected chi connectivity index (χ3v) is 5.70. The summed E-state index contributed by atoms with van der Waals surface area (Å²) >= 11 is 1.42. The van der Waals surface area contributed by atoms with Gasteiger partial charge in [0.1, 0.15) is 17.2 Å². The van der Waals surface area contributed by atoms with Crippen molar-refractivity contribution in [3.8, 4) is 0 Å². The van der Waals surface area contributed by atoms with Gasteiger partial charge in [-0.1, -0.05) is 19.1 Å². The maximum absolute atomic E-state index is 12.5. The molecule has 0 spiro atoms. The van der Waals surface area contributed by atoms with Gasteiger partial charge in [-0.2, -0.15) is 0 Å². The zero-order valence-corrected chi connectivity index (χ0v) is 16.5. The number of ether oxygens (including phenoxy) is 1. The van der Waals surface area contributed by atoms with E-state index in [-0.39, 0.29) is 11.3 Å². The first kappa shape index (κ1) is 20.0. The van der Waals surface area contributed by atoms with Gasteiger partial charge in [-0.05, 0) is 36.2 Å². The molecule has 1 fully saturated rings. The van der Waals surface area contributed by atoms with Crippen LogP contribution in [0.2, 0.25) is 0 Å². The summed E-state index contributed by atoms with van der Waals surface area (Å²) in [5, 5.41) is 2.31. The van der Waals surface area contributed by atoms with Gasteiger partial charge in [-0.25, -0.2) is 4.79 Å². The number of furan rings is 1. The van der Waals surface area contributed by atoms with Crippen LogP contribution in [0, 0.1) is 0 Å².